The second kappa shape index (κ2) is 10.3. The van der Waals surface area contributed by atoms with E-state index >= 15 is 0 Å². The van der Waals surface area contributed by atoms with Crippen LogP contribution in [0.1, 0.15) is 52.0 Å². The summed E-state index contributed by atoms with van der Waals surface area (Å²) >= 11 is 0. The van der Waals surface area contributed by atoms with Crippen molar-refractivity contribution in [2.75, 3.05) is 38.6 Å². The number of benzene rings is 1. The van der Waals surface area contributed by atoms with Crippen molar-refractivity contribution in [2.45, 2.75) is 58.1 Å². The van der Waals surface area contributed by atoms with Crippen molar-refractivity contribution in [1.29, 1.82) is 0 Å². The van der Waals surface area contributed by atoms with Crippen LogP contribution in [0.4, 0.5) is 5.82 Å². The van der Waals surface area contributed by atoms with Crippen LogP contribution in [0.3, 0.4) is 0 Å². The molecular formula is C27H37N5O2. The Balaban J connectivity index is 1.32. The van der Waals surface area contributed by atoms with E-state index in [9.17, 15) is 0 Å². The minimum Gasteiger partial charge on any atom is -0.491 e. The van der Waals surface area contributed by atoms with Gasteiger partial charge < -0.3 is 24.7 Å². The molecule has 7 heteroatoms. The van der Waals surface area contributed by atoms with Gasteiger partial charge in [0.25, 0.3) is 0 Å². The van der Waals surface area contributed by atoms with E-state index in [2.05, 4.69) is 51.6 Å². The van der Waals surface area contributed by atoms with Crippen molar-refractivity contribution in [2.24, 2.45) is 5.92 Å². The van der Waals surface area contributed by atoms with E-state index in [-0.39, 0.29) is 0 Å². The van der Waals surface area contributed by atoms with E-state index in [4.69, 9.17) is 15.2 Å². The molecule has 1 aliphatic carbocycles. The monoisotopic (exact) mass is 463 g/mol. The van der Waals surface area contributed by atoms with E-state index in [1.54, 1.807) is 6.33 Å². The number of hydrogen-bond acceptors (Lipinski definition) is 6. The van der Waals surface area contributed by atoms with Crippen LogP contribution in [0.5, 0.6) is 5.75 Å². The maximum Gasteiger partial charge on any atom is 0.146 e. The molecule has 1 saturated carbocycles. The number of nitrogen functional groups attached to an aromatic ring is 1. The second-order valence-corrected chi connectivity index (χ2v) is 9.74. The number of rotatable bonds is 11. The molecule has 182 valence electrons. The van der Waals surface area contributed by atoms with Crippen LogP contribution in [-0.2, 0) is 4.74 Å². The lowest BCUT2D eigenvalue weighted by Gasteiger charge is -2.42. The fourth-order valence-electron chi connectivity index (χ4n) is 5.26. The highest BCUT2D eigenvalue weighted by Gasteiger charge is 2.34. The number of anilines is 1. The fourth-order valence-corrected chi connectivity index (χ4v) is 5.26. The van der Waals surface area contributed by atoms with Crippen molar-refractivity contribution in [3.8, 4) is 16.9 Å². The molecule has 0 bridgehead atoms. The molecule has 3 heterocycles. The van der Waals surface area contributed by atoms with Gasteiger partial charge in [0, 0.05) is 24.3 Å². The van der Waals surface area contributed by atoms with E-state index in [1.807, 2.05) is 12.1 Å². The lowest BCUT2D eigenvalue weighted by Crippen LogP contribution is -2.43. The normalized spacial score (nSPS) is 20.4. The average Bonchev–Trinajstić information content (AvgIpc) is 3.18. The van der Waals surface area contributed by atoms with Gasteiger partial charge in [-0.05, 0) is 68.8 Å². The summed E-state index contributed by atoms with van der Waals surface area (Å²) in [5.74, 6) is 2.14. The molecule has 3 aromatic rings. The maximum absolute atomic E-state index is 6.36. The molecule has 0 amide bonds. The van der Waals surface area contributed by atoms with Gasteiger partial charge >= 0.3 is 0 Å². The Morgan fingerprint density at radius 2 is 1.94 bits per heavy atom. The van der Waals surface area contributed by atoms with Crippen molar-refractivity contribution in [1.82, 2.24) is 19.4 Å². The summed E-state index contributed by atoms with van der Waals surface area (Å²) in [4.78, 5) is 11.5. The third-order valence-electron chi connectivity index (χ3n) is 7.47. The third-order valence-corrected chi connectivity index (χ3v) is 7.47. The fraction of sp³-hybridized carbons (Fsp3) is 0.556. The Kier molecular flexibility index (Phi) is 7.02. The smallest absolute Gasteiger partial charge is 0.146 e. The Hall–Kier alpha value is -2.64. The van der Waals surface area contributed by atoms with Crippen LogP contribution >= 0.6 is 0 Å². The minimum absolute atomic E-state index is 0.307. The lowest BCUT2D eigenvalue weighted by atomic mass is 9.79. The van der Waals surface area contributed by atoms with Crippen LogP contribution < -0.4 is 10.5 Å². The summed E-state index contributed by atoms with van der Waals surface area (Å²) in [6, 6.07) is 8.68. The van der Waals surface area contributed by atoms with Crippen molar-refractivity contribution >= 4 is 16.9 Å². The first-order chi connectivity index (χ1) is 16.7. The predicted octanol–water partition coefficient (Wildman–Crippen LogP) is 4.92. The summed E-state index contributed by atoms with van der Waals surface area (Å²) in [7, 11) is 0. The SMILES string of the molecule is CCC(CC)OCCOc1cccc(-c2cn(C3CC(CN4CCC4)C3)c3ncnc(N)c23)c1. The average molecular weight is 464 g/mol. The van der Waals surface area contributed by atoms with Gasteiger partial charge in [-0.1, -0.05) is 26.0 Å². The van der Waals surface area contributed by atoms with Crippen LogP contribution in [0.25, 0.3) is 22.2 Å². The van der Waals surface area contributed by atoms with Crippen molar-refractivity contribution in [3.05, 3.63) is 36.8 Å². The molecule has 34 heavy (non-hydrogen) atoms. The lowest BCUT2D eigenvalue weighted by molar-refractivity contribution is 0.0296. The standard InChI is InChI=1S/C27H37N5O2/c1-3-22(4-2)33-11-12-34-23-8-5-7-20(15-23)24-17-32(27-25(24)26(28)29-18-30-27)21-13-19(14-21)16-31-9-6-10-31/h5,7-8,15,17-19,21-22H,3-4,6,9-14,16H2,1-2H3,(H2,28,29,30). The van der Waals surface area contributed by atoms with Gasteiger partial charge in [0.1, 0.15) is 30.1 Å². The van der Waals surface area contributed by atoms with Gasteiger partial charge in [0.15, 0.2) is 0 Å². The number of nitrogens with zero attached hydrogens (tertiary/aromatic N) is 4. The highest BCUT2D eigenvalue weighted by molar-refractivity contribution is 6.00. The summed E-state index contributed by atoms with van der Waals surface area (Å²) in [5, 5.41) is 0.933. The predicted molar refractivity (Wildman–Crippen MR) is 136 cm³/mol. The molecule has 0 spiro atoms. The number of likely N-dealkylation sites (tertiary alicyclic amines) is 1. The van der Waals surface area contributed by atoms with Crippen molar-refractivity contribution < 1.29 is 9.47 Å². The summed E-state index contributed by atoms with van der Waals surface area (Å²) < 4.78 is 14.2. The topological polar surface area (TPSA) is 78.4 Å². The molecule has 1 aromatic carbocycles. The Morgan fingerprint density at radius 3 is 2.68 bits per heavy atom. The minimum atomic E-state index is 0.307. The largest absolute Gasteiger partial charge is 0.491 e. The van der Waals surface area contributed by atoms with Gasteiger partial charge in [0.05, 0.1) is 18.1 Å². The third kappa shape index (κ3) is 4.77. The van der Waals surface area contributed by atoms with Gasteiger partial charge in [-0.15, -0.1) is 0 Å². The molecule has 2 N–H and O–H groups in total. The molecule has 2 aromatic heterocycles. The summed E-state index contributed by atoms with van der Waals surface area (Å²) in [5.41, 5.74) is 9.43. The van der Waals surface area contributed by atoms with Crippen LogP contribution in [0.15, 0.2) is 36.8 Å². The van der Waals surface area contributed by atoms with Crippen LogP contribution in [0.2, 0.25) is 0 Å². The zero-order valence-corrected chi connectivity index (χ0v) is 20.4. The van der Waals surface area contributed by atoms with Crippen LogP contribution in [0, 0.1) is 5.92 Å². The molecular weight excluding hydrogens is 426 g/mol. The molecule has 2 fully saturated rings. The van der Waals surface area contributed by atoms with E-state index in [1.165, 1.54) is 38.9 Å². The van der Waals surface area contributed by atoms with Crippen LogP contribution in [-0.4, -0.2) is 58.4 Å². The highest BCUT2D eigenvalue weighted by Crippen LogP contribution is 2.43. The first-order valence-electron chi connectivity index (χ1n) is 12.8. The van der Waals surface area contributed by atoms with Crippen molar-refractivity contribution in [3.63, 3.8) is 0 Å². The molecule has 5 rings (SSSR count). The molecule has 1 saturated heterocycles. The van der Waals surface area contributed by atoms with Gasteiger partial charge in [0.2, 0.25) is 0 Å². The quantitative estimate of drug-likeness (QED) is 0.407. The maximum atomic E-state index is 6.36. The molecule has 1 aliphatic heterocycles. The molecule has 0 atom stereocenters. The highest BCUT2D eigenvalue weighted by atomic mass is 16.5. The number of ether oxygens (including phenoxy) is 2. The van der Waals surface area contributed by atoms with Gasteiger partial charge in [-0.3, -0.25) is 0 Å². The first kappa shape index (κ1) is 23.1. The second-order valence-electron chi connectivity index (χ2n) is 9.74. The van der Waals surface area contributed by atoms with E-state index < -0.39 is 0 Å². The summed E-state index contributed by atoms with van der Waals surface area (Å²) in [6.07, 6.45) is 9.90. The molecule has 0 radical (unpaired) electrons. The Labute approximate surface area is 202 Å². The molecule has 2 aliphatic rings. The summed E-state index contributed by atoms with van der Waals surface area (Å²) in [6.45, 7) is 9.21. The number of nitrogens with two attached hydrogens (primary N) is 1. The molecule has 0 unspecified atom stereocenters. The zero-order valence-electron chi connectivity index (χ0n) is 20.4. The Morgan fingerprint density at radius 1 is 1.12 bits per heavy atom. The molecule has 7 nitrogen and oxygen atoms in total. The first-order valence-corrected chi connectivity index (χ1v) is 12.8. The van der Waals surface area contributed by atoms with E-state index in [0.717, 1.165) is 46.7 Å². The zero-order chi connectivity index (χ0) is 23.5. The van der Waals surface area contributed by atoms with Gasteiger partial charge in [-0.2, -0.15) is 0 Å². The number of aromatic nitrogens is 3. The van der Waals surface area contributed by atoms with E-state index in [0.29, 0.717) is 31.2 Å². The number of fused-ring (bicyclic) bond motifs is 1. The Bertz CT molecular complexity index is 1100. The van der Waals surface area contributed by atoms with Gasteiger partial charge in [-0.25, -0.2) is 9.97 Å². The number of hydrogen-bond donors (Lipinski definition) is 1.